The summed E-state index contributed by atoms with van der Waals surface area (Å²) < 4.78 is 0. The zero-order chi connectivity index (χ0) is 13.1. The van der Waals surface area contributed by atoms with E-state index < -0.39 is 0 Å². The molecule has 0 bridgehead atoms. The lowest BCUT2D eigenvalue weighted by atomic mass is 10.1. The summed E-state index contributed by atoms with van der Waals surface area (Å²) in [6.45, 7) is 8.46. The molecule has 18 heavy (non-hydrogen) atoms. The smallest absolute Gasteiger partial charge is 0.263 e. The molecule has 3 heteroatoms. The number of likely N-dealkylation sites (tertiary alicyclic amines) is 1. The van der Waals surface area contributed by atoms with Crippen molar-refractivity contribution in [1.82, 2.24) is 4.90 Å². The third kappa shape index (κ3) is 2.77. The van der Waals surface area contributed by atoms with E-state index in [0.717, 1.165) is 43.6 Å². The highest BCUT2D eigenvalue weighted by molar-refractivity contribution is 7.14. The summed E-state index contributed by atoms with van der Waals surface area (Å²) in [7, 11) is 0. The van der Waals surface area contributed by atoms with Crippen molar-refractivity contribution in [2.45, 2.75) is 46.5 Å². The van der Waals surface area contributed by atoms with Crippen LogP contribution in [-0.4, -0.2) is 23.9 Å². The lowest BCUT2D eigenvalue weighted by Gasteiger charge is -2.14. The van der Waals surface area contributed by atoms with Gasteiger partial charge < -0.3 is 4.90 Å². The zero-order valence-electron chi connectivity index (χ0n) is 11.7. The summed E-state index contributed by atoms with van der Waals surface area (Å²) in [6.07, 6.45) is 4.45. The first-order valence-corrected chi connectivity index (χ1v) is 7.88. The summed E-state index contributed by atoms with van der Waals surface area (Å²) in [5, 5.41) is 0. The number of hydrogen-bond donors (Lipinski definition) is 0. The van der Waals surface area contributed by atoms with Crippen molar-refractivity contribution < 1.29 is 4.79 Å². The van der Waals surface area contributed by atoms with Crippen LogP contribution in [0.25, 0.3) is 0 Å². The fourth-order valence-corrected chi connectivity index (χ4v) is 3.91. The van der Waals surface area contributed by atoms with Crippen molar-refractivity contribution in [2.75, 3.05) is 13.1 Å². The lowest BCUT2D eigenvalue weighted by molar-refractivity contribution is 0.0793. The molecule has 1 aliphatic rings. The van der Waals surface area contributed by atoms with Crippen LogP contribution in [0.1, 0.15) is 53.7 Å². The second kappa shape index (κ2) is 5.87. The molecule has 2 rings (SSSR count). The molecule has 1 aromatic rings. The molecule has 1 fully saturated rings. The van der Waals surface area contributed by atoms with E-state index in [0.29, 0.717) is 5.92 Å². The summed E-state index contributed by atoms with van der Waals surface area (Å²) in [5.41, 5.74) is 1.37. The van der Waals surface area contributed by atoms with Gasteiger partial charge in [0, 0.05) is 18.0 Å². The Balaban J connectivity index is 2.15. The summed E-state index contributed by atoms with van der Waals surface area (Å²) in [4.78, 5) is 16.8. The molecular weight excluding hydrogens is 242 g/mol. The van der Waals surface area contributed by atoms with Crippen molar-refractivity contribution in [3.63, 3.8) is 0 Å². The number of rotatable bonds is 4. The van der Waals surface area contributed by atoms with Crippen molar-refractivity contribution in [2.24, 2.45) is 5.92 Å². The predicted octanol–water partition coefficient (Wildman–Crippen LogP) is 3.75. The highest BCUT2D eigenvalue weighted by Gasteiger charge is 2.25. The van der Waals surface area contributed by atoms with E-state index in [9.17, 15) is 4.79 Å². The third-order valence-electron chi connectivity index (χ3n) is 3.68. The maximum atomic E-state index is 12.4. The lowest BCUT2D eigenvalue weighted by Crippen LogP contribution is -2.27. The molecule has 1 unspecified atom stereocenters. The van der Waals surface area contributed by atoms with Gasteiger partial charge in [0.2, 0.25) is 0 Å². The van der Waals surface area contributed by atoms with Gasteiger partial charge in [-0.2, -0.15) is 0 Å². The molecular formula is C15H23NOS. The standard InChI is InChI=1S/C15H23NOS/c1-4-6-13-12(5-2)9-14(18-13)15(17)16-8-7-11(3)10-16/h9,11H,4-8,10H2,1-3H3. The molecule has 100 valence electrons. The SMILES string of the molecule is CCCc1sc(C(=O)N2CCC(C)C2)cc1CC. The van der Waals surface area contributed by atoms with Gasteiger partial charge in [0.1, 0.15) is 0 Å². The van der Waals surface area contributed by atoms with Gasteiger partial charge in [0.05, 0.1) is 4.88 Å². The Bertz CT molecular complexity index is 424. The first kappa shape index (κ1) is 13.6. The van der Waals surface area contributed by atoms with Gasteiger partial charge in [0.15, 0.2) is 0 Å². The summed E-state index contributed by atoms with van der Waals surface area (Å²) >= 11 is 1.71. The van der Waals surface area contributed by atoms with Crippen LogP contribution in [0.5, 0.6) is 0 Å². The van der Waals surface area contributed by atoms with Crippen molar-refractivity contribution in [1.29, 1.82) is 0 Å². The topological polar surface area (TPSA) is 20.3 Å². The fraction of sp³-hybridized carbons (Fsp3) is 0.667. The van der Waals surface area contributed by atoms with Gasteiger partial charge in [0.25, 0.3) is 5.91 Å². The maximum Gasteiger partial charge on any atom is 0.263 e. The van der Waals surface area contributed by atoms with E-state index in [4.69, 9.17) is 0 Å². The predicted molar refractivity (Wildman–Crippen MR) is 77.4 cm³/mol. The van der Waals surface area contributed by atoms with E-state index >= 15 is 0 Å². The minimum Gasteiger partial charge on any atom is -0.338 e. The molecule has 2 heterocycles. The highest BCUT2D eigenvalue weighted by atomic mass is 32.1. The van der Waals surface area contributed by atoms with Gasteiger partial charge in [-0.05, 0) is 36.8 Å². The second-order valence-corrected chi connectivity index (χ2v) is 6.44. The van der Waals surface area contributed by atoms with Crippen LogP contribution in [0.15, 0.2) is 6.07 Å². The van der Waals surface area contributed by atoms with E-state index in [2.05, 4.69) is 26.8 Å². The van der Waals surface area contributed by atoms with Crippen LogP contribution >= 0.6 is 11.3 Å². The molecule has 0 aromatic carbocycles. The average molecular weight is 265 g/mol. The zero-order valence-corrected chi connectivity index (χ0v) is 12.5. The van der Waals surface area contributed by atoms with E-state index in [1.54, 1.807) is 11.3 Å². The number of aryl methyl sites for hydroxylation is 2. The Labute approximate surface area is 114 Å². The van der Waals surface area contributed by atoms with Crippen LogP contribution in [0, 0.1) is 5.92 Å². The van der Waals surface area contributed by atoms with Crippen LogP contribution < -0.4 is 0 Å². The number of thiophene rings is 1. The minimum atomic E-state index is 0.251. The first-order valence-electron chi connectivity index (χ1n) is 7.06. The Morgan fingerprint density at radius 1 is 1.50 bits per heavy atom. The number of nitrogens with zero attached hydrogens (tertiary/aromatic N) is 1. The Kier molecular flexibility index (Phi) is 4.44. The van der Waals surface area contributed by atoms with Crippen LogP contribution in [0.2, 0.25) is 0 Å². The molecule has 1 atom stereocenters. The van der Waals surface area contributed by atoms with Crippen LogP contribution in [-0.2, 0) is 12.8 Å². The molecule has 1 amide bonds. The van der Waals surface area contributed by atoms with Gasteiger partial charge in [-0.3, -0.25) is 4.79 Å². The molecule has 0 spiro atoms. The second-order valence-electron chi connectivity index (χ2n) is 5.31. The summed E-state index contributed by atoms with van der Waals surface area (Å²) in [6, 6.07) is 2.13. The maximum absolute atomic E-state index is 12.4. The van der Waals surface area contributed by atoms with Crippen molar-refractivity contribution in [3.05, 3.63) is 21.4 Å². The summed E-state index contributed by atoms with van der Waals surface area (Å²) in [5.74, 6) is 0.913. The average Bonchev–Trinajstić information content (AvgIpc) is 2.95. The monoisotopic (exact) mass is 265 g/mol. The van der Waals surface area contributed by atoms with E-state index in [1.165, 1.54) is 10.4 Å². The van der Waals surface area contributed by atoms with Crippen LogP contribution in [0.3, 0.4) is 0 Å². The van der Waals surface area contributed by atoms with E-state index in [1.807, 2.05) is 4.90 Å². The molecule has 1 aliphatic heterocycles. The van der Waals surface area contributed by atoms with Crippen molar-refractivity contribution >= 4 is 17.2 Å². The molecule has 0 saturated carbocycles. The quantitative estimate of drug-likeness (QED) is 0.812. The van der Waals surface area contributed by atoms with Gasteiger partial charge in [-0.15, -0.1) is 11.3 Å². The Hall–Kier alpha value is -0.830. The number of hydrogen-bond acceptors (Lipinski definition) is 2. The Morgan fingerprint density at radius 2 is 2.28 bits per heavy atom. The molecule has 0 radical (unpaired) electrons. The van der Waals surface area contributed by atoms with Crippen LogP contribution in [0.4, 0.5) is 0 Å². The molecule has 0 aliphatic carbocycles. The van der Waals surface area contributed by atoms with Gasteiger partial charge in [-0.25, -0.2) is 0 Å². The van der Waals surface area contributed by atoms with Gasteiger partial charge in [-0.1, -0.05) is 27.2 Å². The van der Waals surface area contributed by atoms with E-state index in [-0.39, 0.29) is 5.91 Å². The molecule has 2 nitrogen and oxygen atoms in total. The molecule has 1 aromatic heterocycles. The largest absolute Gasteiger partial charge is 0.338 e. The van der Waals surface area contributed by atoms with Gasteiger partial charge >= 0.3 is 0 Å². The molecule has 0 N–H and O–H groups in total. The normalized spacial score (nSPS) is 19.5. The minimum absolute atomic E-state index is 0.251. The number of carbonyl (C=O) groups is 1. The van der Waals surface area contributed by atoms with Crippen molar-refractivity contribution in [3.8, 4) is 0 Å². The first-order chi connectivity index (χ1) is 8.65. The number of carbonyl (C=O) groups excluding carboxylic acids is 1. The number of amides is 1. The highest BCUT2D eigenvalue weighted by Crippen LogP contribution is 2.27. The third-order valence-corrected chi connectivity index (χ3v) is 4.90. The molecule has 1 saturated heterocycles. The Morgan fingerprint density at radius 3 is 2.83 bits per heavy atom. The fourth-order valence-electron chi connectivity index (χ4n) is 2.59.